The van der Waals surface area contributed by atoms with E-state index in [0.29, 0.717) is 10.4 Å². The Morgan fingerprint density at radius 3 is 2.20 bits per heavy atom. The van der Waals surface area contributed by atoms with Gasteiger partial charge in [0.1, 0.15) is 10.4 Å². The number of benzene rings is 1. The molecule has 1 aromatic heterocycles. The summed E-state index contributed by atoms with van der Waals surface area (Å²) in [5.74, 6) is -0.362. The van der Waals surface area contributed by atoms with Gasteiger partial charge in [-0.25, -0.2) is 9.78 Å². The number of hydrogen-bond donors (Lipinski definition) is 1. The first-order valence-electron chi connectivity index (χ1n) is 6.28. The molecule has 0 unspecified atom stereocenters. The van der Waals surface area contributed by atoms with Crippen LogP contribution in [0.15, 0.2) is 28.9 Å². The number of imidazole rings is 1. The Morgan fingerprint density at radius 1 is 1.25 bits per heavy atom. The minimum absolute atomic E-state index is 0.0903. The molecule has 4 nitrogen and oxygen atoms in total. The number of aromatic nitrogens is 2. The Bertz CT molecular complexity index is 652. The molecule has 0 amide bonds. The molecule has 0 bridgehead atoms. The highest BCUT2D eigenvalue weighted by molar-refractivity contribution is 9.10. The summed E-state index contributed by atoms with van der Waals surface area (Å²) >= 11 is 3.20. The fourth-order valence-electron chi connectivity index (χ4n) is 2.07. The molecule has 106 valence electrons. The van der Waals surface area contributed by atoms with Crippen LogP contribution in [-0.4, -0.2) is 20.6 Å². The second kappa shape index (κ2) is 5.05. The van der Waals surface area contributed by atoms with Crippen LogP contribution >= 0.6 is 15.9 Å². The van der Waals surface area contributed by atoms with E-state index < -0.39 is 5.97 Å². The molecule has 0 fully saturated rings. The highest BCUT2D eigenvalue weighted by Gasteiger charge is 2.20. The minimum atomic E-state index is -0.996. The predicted molar refractivity (Wildman–Crippen MR) is 82.0 cm³/mol. The fourth-order valence-corrected chi connectivity index (χ4v) is 2.68. The van der Waals surface area contributed by atoms with Gasteiger partial charge >= 0.3 is 5.97 Å². The molecule has 0 aliphatic heterocycles. The molecule has 0 saturated carbocycles. The van der Waals surface area contributed by atoms with Crippen molar-refractivity contribution < 1.29 is 9.90 Å². The first-order chi connectivity index (χ1) is 9.21. The van der Waals surface area contributed by atoms with Crippen molar-refractivity contribution in [2.75, 3.05) is 0 Å². The number of carboxylic acid groups (broad SMARTS) is 1. The summed E-state index contributed by atoms with van der Waals surface area (Å²) in [5.41, 5.74) is 2.37. The molecular formula is C15H17BrN2O2. The molecule has 0 radical (unpaired) electrons. The van der Waals surface area contributed by atoms with Crippen molar-refractivity contribution in [2.45, 2.75) is 26.2 Å². The van der Waals surface area contributed by atoms with Crippen LogP contribution in [0.5, 0.6) is 0 Å². The number of carboxylic acids is 1. The Morgan fingerprint density at radius 2 is 1.80 bits per heavy atom. The summed E-state index contributed by atoms with van der Waals surface area (Å²) in [4.78, 5) is 15.5. The maximum Gasteiger partial charge on any atom is 0.355 e. The highest BCUT2D eigenvalue weighted by atomic mass is 79.9. The van der Waals surface area contributed by atoms with Gasteiger partial charge in [0.15, 0.2) is 5.69 Å². The van der Waals surface area contributed by atoms with Crippen molar-refractivity contribution in [1.82, 2.24) is 9.55 Å². The van der Waals surface area contributed by atoms with E-state index in [0.717, 1.165) is 5.56 Å². The maximum atomic E-state index is 11.2. The lowest BCUT2D eigenvalue weighted by molar-refractivity contribution is 0.0685. The van der Waals surface area contributed by atoms with Gasteiger partial charge in [-0.15, -0.1) is 0 Å². The van der Waals surface area contributed by atoms with Crippen LogP contribution in [0.1, 0.15) is 36.8 Å². The summed E-state index contributed by atoms with van der Waals surface area (Å²) in [5, 5.41) is 9.17. The molecule has 0 aliphatic carbocycles. The van der Waals surface area contributed by atoms with Crippen LogP contribution in [0.3, 0.4) is 0 Å². The Hall–Kier alpha value is -1.62. The fraction of sp³-hybridized carbons (Fsp3) is 0.333. The van der Waals surface area contributed by atoms with Gasteiger partial charge in [0, 0.05) is 12.6 Å². The van der Waals surface area contributed by atoms with Crippen molar-refractivity contribution >= 4 is 21.9 Å². The van der Waals surface area contributed by atoms with Gasteiger partial charge in [-0.1, -0.05) is 45.0 Å². The molecule has 5 heteroatoms. The number of hydrogen-bond acceptors (Lipinski definition) is 2. The van der Waals surface area contributed by atoms with Crippen LogP contribution in [0.4, 0.5) is 0 Å². The lowest BCUT2D eigenvalue weighted by Gasteiger charge is -2.19. The van der Waals surface area contributed by atoms with Gasteiger partial charge in [-0.05, 0) is 26.9 Å². The molecule has 1 N–H and O–H groups in total. The third-order valence-corrected chi connectivity index (χ3v) is 3.82. The Balaban J connectivity index is 2.48. The molecule has 2 aromatic rings. The zero-order valence-corrected chi connectivity index (χ0v) is 13.5. The van der Waals surface area contributed by atoms with Gasteiger partial charge in [-0.3, -0.25) is 0 Å². The van der Waals surface area contributed by atoms with Crippen molar-refractivity contribution in [1.29, 1.82) is 0 Å². The summed E-state index contributed by atoms with van der Waals surface area (Å²) in [7, 11) is 1.70. The Labute approximate surface area is 126 Å². The minimum Gasteiger partial charge on any atom is -0.476 e. The topological polar surface area (TPSA) is 55.1 Å². The van der Waals surface area contributed by atoms with Crippen LogP contribution in [0.25, 0.3) is 11.4 Å². The molecule has 0 saturated heterocycles. The first-order valence-corrected chi connectivity index (χ1v) is 7.07. The largest absolute Gasteiger partial charge is 0.476 e. The van der Waals surface area contributed by atoms with E-state index in [1.54, 1.807) is 11.6 Å². The van der Waals surface area contributed by atoms with Crippen LogP contribution < -0.4 is 0 Å². The van der Waals surface area contributed by atoms with Gasteiger partial charge in [0.05, 0.1) is 0 Å². The Kier molecular flexibility index (Phi) is 3.73. The molecule has 0 atom stereocenters. The lowest BCUT2D eigenvalue weighted by Crippen LogP contribution is -2.10. The molecular weight excluding hydrogens is 320 g/mol. The summed E-state index contributed by atoms with van der Waals surface area (Å²) in [6, 6.07) is 8.05. The summed E-state index contributed by atoms with van der Waals surface area (Å²) < 4.78 is 1.93. The molecule has 2 rings (SSSR count). The van der Waals surface area contributed by atoms with E-state index in [1.807, 2.05) is 12.1 Å². The van der Waals surface area contributed by atoms with E-state index in [2.05, 4.69) is 53.8 Å². The quantitative estimate of drug-likeness (QED) is 0.906. The standard InChI is InChI=1S/C15H17BrN2O2/c1-15(2,3)10-7-5-9(6-8-10)13-17-12(16)11(14(19)20)18(13)4/h5-8H,1-4H3,(H,19,20). The van der Waals surface area contributed by atoms with E-state index >= 15 is 0 Å². The summed E-state index contributed by atoms with van der Waals surface area (Å²) in [6.45, 7) is 6.46. The van der Waals surface area contributed by atoms with Crippen LogP contribution in [0.2, 0.25) is 0 Å². The highest BCUT2D eigenvalue weighted by Crippen LogP contribution is 2.28. The monoisotopic (exact) mass is 336 g/mol. The molecule has 0 spiro atoms. The summed E-state index contributed by atoms with van der Waals surface area (Å²) in [6.07, 6.45) is 0. The smallest absolute Gasteiger partial charge is 0.355 e. The second-order valence-electron chi connectivity index (χ2n) is 5.77. The zero-order chi connectivity index (χ0) is 15.1. The van der Waals surface area contributed by atoms with E-state index in [-0.39, 0.29) is 11.1 Å². The SMILES string of the molecule is Cn1c(-c2ccc(C(C)(C)C)cc2)nc(Br)c1C(=O)O. The van der Waals surface area contributed by atoms with E-state index in [1.165, 1.54) is 5.56 Å². The van der Waals surface area contributed by atoms with Gasteiger partial charge < -0.3 is 9.67 Å². The van der Waals surface area contributed by atoms with Gasteiger partial charge in [0.2, 0.25) is 0 Å². The van der Waals surface area contributed by atoms with Crippen molar-refractivity contribution in [3.05, 3.63) is 40.1 Å². The number of rotatable bonds is 2. The normalized spacial score (nSPS) is 11.7. The average molecular weight is 337 g/mol. The number of nitrogens with zero attached hydrogens (tertiary/aromatic N) is 2. The van der Waals surface area contributed by atoms with Crippen molar-refractivity contribution in [2.24, 2.45) is 7.05 Å². The van der Waals surface area contributed by atoms with Gasteiger partial charge in [-0.2, -0.15) is 0 Å². The molecule has 1 heterocycles. The average Bonchev–Trinajstić information content (AvgIpc) is 2.64. The number of aromatic carboxylic acids is 1. The van der Waals surface area contributed by atoms with Crippen LogP contribution in [-0.2, 0) is 12.5 Å². The third-order valence-electron chi connectivity index (χ3n) is 3.26. The number of halogens is 1. The lowest BCUT2D eigenvalue weighted by atomic mass is 9.87. The molecule has 0 aliphatic rings. The molecule has 1 aromatic carbocycles. The van der Waals surface area contributed by atoms with Gasteiger partial charge in [0.25, 0.3) is 0 Å². The van der Waals surface area contributed by atoms with E-state index in [9.17, 15) is 4.79 Å². The third kappa shape index (κ3) is 2.63. The van der Waals surface area contributed by atoms with Crippen molar-refractivity contribution in [3.8, 4) is 11.4 Å². The second-order valence-corrected chi connectivity index (χ2v) is 6.52. The van der Waals surface area contributed by atoms with E-state index in [4.69, 9.17) is 5.11 Å². The maximum absolute atomic E-state index is 11.2. The van der Waals surface area contributed by atoms with Crippen molar-refractivity contribution in [3.63, 3.8) is 0 Å². The predicted octanol–water partition coefficient (Wildman–Crippen LogP) is 3.85. The number of carbonyl (C=O) groups is 1. The van der Waals surface area contributed by atoms with Crippen LogP contribution in [0, 0.1) is 0 Å². The zero-order valence-electron chi connectivity index (χ0n) is 11.9. The molecule has 20 heavy (non-hydrogen) atoms. The first kappa shape index (κ1) is 14.8.